The number of carbonyl (C=O) groups is 1. The van der Waals surface area contributed by atoms with E-state index in [1.54, 1.807) is 22.1 Å². The summed E-state index contributed by atoms with van der Waals surface area (Å²) in [5.41, 5.74) is 2.31. The van der Waals surface area contributed by atoms with Gasteiger partial charge in [-0.25, -0.2) is 9.78 Å². The molecule has 0 amide bonds. The van der Waals surface area contributed by atoms with Crippen molar-refractivity contribution in [1.82, 2.24) is 14.8 Å². The lowest BCUT2D eigenvalue weighted by molar-refractivity contribution is 0.0226. The smallest absolute Gasteiger partial charge is 0.359 e. The first-order valence-corrected chi connectivity index (χ1v) is 8.24. The van der Waals surface area contributed by atoms with Crippen molar-refractivity contribution < 1.29 is 9.53 Å². The van der Waals surface area contributed by atoms with Gasteiger partial charge in [0, 0.05) is 12.7 Å². The number of para-hydroxylation sites is 1. The Morgan fingerprint density at radius 2 is 2.13 bits per heavy atom. The van der Waals surface area contributed by atoms with Gasteiger partial charge in [-0.05, 0) is 25.1 Å². The van der Waals surface area contributed by atoms with Crippen LogP contribution in [0.4, 0.5) is 5.13 Å². The normalized spacial score (nSPS) is 15.0. The van der Waals surface area contributed by atoms with Gasteiger partial charge in [0.15, 0.2) is 10.8 Å². The molecular weight excluding hydrogens is 312 g/mol. The third-order valence-corrected chi connectivity index (χ3v) is 5.09. The number of esters is 1. The molecule has 23 heavy (non-hydrogen) atoms. The van der Waals surface area contributed by atoms with Crippen LogP contribution in [0, 0.1) is 6.92 Å². The van der Waals surface area contributed by atoms with E-state index in [2.05, 4.69) is 21.0 Å². The quantitative estimate of drug-likeness (QED) is 0.691. The molecule has 0 N–H and O–H groups in total. The molecule has 0 saturated carbocycles. The first kappa shape index (κ1) is 14.2. The highest BCUT2D eigenvalue weighted by Gasteiger charge is 2.32. The minimum Gasteiger partial charge on any atom is -0.454 e. The third kappa shape index (κ3) is 2.57. The molecular formula is C16H16N4O2S. The summed E-state index contributed by atoms with van der Waals surface area (Å²) in [6, 6.07) is 9.82. The predicted octanol–water partition coefficient (Wildman–Crippen LogP) is 2.38. The zero-order valence-electron chi connectivity index (χ0n) is 12.9. The van der Waals surface area contributed by atoms with E-state index in [9.17, 15) is 4.79 Å². The van der Waals surface area contributed by atoms with Crippen LogP contribution in [0.25, 0.3) is 10.2 Å². The van der Waals surface area contributed by atoms with Crippen LogP contribution in [0.15, 0.2) is 30.3 Å². The summed E-state index contributed by atoms with van der Waals surface area (Å²) in [4.78, 5) is 18.8. The van der Waals surface area contributed by atoms with Gasteiger partial charge in [-0.2, -0.15) is 5.10 Å². The molecule has 0 radical (unpaired) electrons. The maximum absolute atomic E-state index is 12.1. The minimum absolute atomic E-state index is 0.100. The van der Waals surface area contributed by atoms with E-state index in [1.807, 2.05) is 32.2 Å². The summed E-state index contributed by atoms with van der Waals surface area (Å²) in [5, 5.41) is 5.12. The van der Waals surface area contributed by atoms with Crippen LogP contribution in [-0.2, 0) is 11.8 Å². The maximum atomic E-state index is 12.1. The molecule has 4 rings (SSSR count). The van der Waals surface area contributed by atoms with Crippen LogP contribution >= 0.6 is 11.3 Å². The molecule has 0 bridgehead atoms. The Morgan fingerprint density at radius 1 is 1.35 bits per heavy atom. The molecule has 0 aliphatic carbocycles. The summed E-state index contributed by atoms with van der Waals surface area (Å²) in [6.45, 7) is 3.26. The Morgan fingerprint density at radius 3 is 2.83 bits per heavy atom. The SMILES string of the molecule is Cc1cc(C(=O)OC2CN(c3nc4ccccc4s3)C2)nn1C. The third-order valence-electron chi connectivity index (χ3n) is 4.00. The van der Waals surface area contributed by atoms with E-state index in [0.717, 1.165) is 16.3 Å². The summed E-state index contributed by atoms with van der Waals surface area (Å²) in [5.74, 6) is -0.359. The minimum atomic E-state index is -0.359. The Bertz CT molecular complexity index is 827. The van der Waals surface area contributed by atoms with E-state index in [4.69, 9.17) is 4.74 Å². The highest BCUT2D eigenvalue weighted by Crippen LogP contribution is 2.31. The van der Waals surface area contributed by atoms with Gasteiger partial charge in [0.25, 0.3) is 0 Å². The summed E-state index contributed by atoms with van der Waals surface area (Å²) >= 11 is 1.66. The van der Waals surface area contributed by atoms with Gasteiger partial charge in [-0.1, -0.05) is 23.5 Å². The second-order valence-electron chi connectivity index (χ2n) is 5.69. The van der Waals surface area contributed by atoms with Crippen molar-refractivity contribution >= 4 is 32.7 Å². The Balaban J connectivity index is 1.38. The lowest BCUT2D eigenvalue weighted by atomic mass is 10.2. The summed E-state index contributed by atoms with van der Waals surface area (Å²) in [6.07, 6.45) is -0.100. The van der Waals surface area contributed by atoms with Crippen LogP contribution in [0.1, 0.15) is 16.2 Å². The van der Waals surface area contributed by atoms with Gasteiger partial charge in [-0.15, -0.1) is 0 Å². The lowest BCUT2D eigenvalue weighted by Crippen LogP contribution is -2.53. The fourth-order valence-corrected chi connectivity index (χ4v) is 3.52. The molecule has 3 heterocycles. The van der Waals surface area contributed by atoms with E-state index < -0.39 is 0 Å². The Labute approximate surface area is 137 Å². The van der Waals surface area contributed by atoms with Gasteiger partial charge in [0.05, 0.1) is 23.3 Å². The number of thiazole rings is 1. The number of hydrogen-bond acceptors (Lipinski definition) is 6. The number of aromatic nitrogens is 3. The highest BCUT2D eigenvalue weighted by molar-refractivity contribution is 7.22. The van der Waals surface area contributed by atoms with Gasteiger partial charge in [0.1, 0.15) is 6.10 Å². The number of ether oxygens (including phenoxy) is 1. The maximum Gasteiger partial charge on any atom is 0.359 e. The first-order chi connectivity index (χ1) is 11.1. The van der Waals surface area contributed by atoms with Crippen LogP contribution in [0.5, 0.6) is 0 Å². The number of aryl methyl sites for hydroxylation is 2. The van der Waals surface area contributed by atoms with Crippen molar-refractivity contribution in [2.24, 2.45) is 7.05 Å². The second kappa shape index (κ2) is 5.34. The summed E-state index contributed by atoms with van der Waals surface area (Å²) in [7, 11) is 1.81. The van der Waals surface area contributed by atoms with Crippen molar-refractivity contribution in [2.75, 3.05) is 18.0 Å². The number of anilines is 1. The van der Waals surface area contributed by atoms with Crippen LogP contribution in [0.2, 0.25) is 0 Å². The van der Waals surface area contributed by atoms with Gasteiger partial charge >= 0.3 is 5.97 Å². The topological polar surface area (TPSA) is 60.2 Å². The molecule has 1 aliphatic heterocycles. The number of carbonyl (C=O) groups excluding carboxylic acids is 1. The number of rotatable bonds is 3. The molecule has 1 aromatic carbocycles. The molecule has 2 aromatic heterocycles. The molecule has 7 heteroatoms. The van der Waals surface area contributed by atoms with Gasteiger partial charge in [-0.3, -0.25) is 4.68 Å². The molecule has 0 atom stereocenters. The Hall–Kier alpha value is -2.41. The second-order valence-corrected chi connectivity index (χ2v) is 6.70. The van der Waals surface area contributed by atoms with Gasteiger partial charge < -0.3 is 9.64 Å². The highest BCUT2D eigenvalue weighted by atomic mass is 32.1. The monoisotopic (exact) mass is 328 g/mol. The molecule has 1 fully saturated rings. The fourth-order valence-electron chi connectivity index (χ4n) is 2.54. The van der Waals surface area contributed by atoms with Crippen molar-refractivity contribution in [3.8, 4) is 0 Å². The first-order valence-electron chi connectivity index (χ1n) is 7.42. The molecule has 0 unspecified atom stereocenters. The fraction of sp³-hybridized carbons (Fsp3) is 0.312. The zero-order valence-corrected chi connectivity index (χ0v) is 13.7. The molecule has 1 aliphatic rings. The van der Waals surface area contributed by atoms with Crippen molar-refractivity contribution in [2.45, 2.75) is 13.0 Å². The molecule has 3 aromatic rings. The van der Waals surface area contributed by atoms with E-state index in [-0.39, 0.29) is 12.1 Å². The lowest BCUT2D eigenvalue weighted by Gasteiger charge is -2.37. The molecule has 118 valence electrons. The Kier molecular flexibility index (Phi) is 3.30. The predicted molar refractivity (Wildman–Crippen MR) is 89.0 cm³/mol. The number of fused-ring (bicyclic) bond motifs is 1. The summed E-state index contributed by atoms with van der Waals surface area (Å²) < 4.78 is 8.33. The largest absolute Gasteiger partial charge is 0.454 e. The number of hydrogen-bond donors (Lipinski definition) is 0. The average molecular weight is 328 g/mol. The van der Waals surface area contributed by atoms with E-state index in [1.165, 1.54) is 4.70 Å². The average Bonchev–Trinajstić information content (AvgIpc) is 3.06. The van der Waals surface area contributed by atoms with Crippen molar-refractivity contribution in [1.29, 1.82) is 0 Å². The molecule has 0 spiro atoms. The molecule has 1 saturated heterocycles. The van der Waals surface area contributed by atoms with E-state index in [0.29, 0.717) is 18.8 Å². The zero-order chi connectivity index (χ0) is 16.0. The van der Waals surface area contributed by atoms with Crippen LogP contribution in [0.3, 0.4) is 0 Å². The van der Waals surface area contributed by atoms with E-state index >= 15 is 0 Å². The number of benzene rings is 1. The molecule has 6 nitrogen and oxygen atoms in total. The van der Waals surface area contributed by atoms with Crippen LogP contribution < -0.4 is 4.90 Å². The van der Waals surface area contributed by atoms with Crippen molar-refractivity contribution in [3.05, 3.63) is 41.7 Å². The van der Waals surface area contributed by atoms with Crippen LogP contribution in [-0.4, -0.2) is 39.9 Å². The standard InChI is InChI=1S/C16H16N4O2S/c1-10-7-13(18-19(10)2)15(21)22-11-8-20(9-11)16-17-12-5-3-4-6-14(12)23-16/h3-7,11H,8-9H2,1-2H3. The van der Waals surface area contributed by atoms with Gasteiger partial charge in [0.2, 0.25) is 0 Å². The van der Waals surface area contributed by atoms with Crippen molar-refractivity contribution in [3.63, 3.8) is 0 Å². The number of nitrogens with zero attached hydrogens (tertiary/aromatic N) is 4.